The molecule has 19 heavy (non-hydrogen) atoms. The Bertz CT molecular complexity index is 421. The van der Waals surface area contributed by atoms with Crippen LogP contribution in [-0.2, 0) is 0 Å². The third-order valence-electron chi connectivity index (χ3n) is 4.84. The van der Waals surface area contributed by atoms with Gasteiger partial charge in [0.15, 0.2) is 0 Å². The van der Waals surface area contributed by atoms with Crippen molar-refractivity contribution in [3.8, 4) is 0 Å². The highest BCUT2D eigenvalue weighted by molar-refractivity contribution is 5.28. The van der Waals surface area contributed by atoms with Gasteiger partial charge in [-0.15, -0.1) is 0 Å². The molecule has 1 fully saturated rings. The predicted molar refractivity (Wildman–Crippen MR) is 78.7 cm³/mol. The quantitative estimate of drug-likeness (QED) is 0.808. The molecule has 2 rings (SSSR count). The maximum Gasteiger partial charge on any atom is 0.126 e. The molecule has 0 aromatic heterocycles. The van der Waals surface area contributed by atoms with Gasteiger partial charge in [-0.25, -0.2) is 4.39 Å². The smallest absolute Gasteiger partial charge is 0.126 e. The minimum absolute atomic E-state index is 0.101. The van der Waals surface area contributed by atoms with Gasteiger partial charge in [0.1, 0.15) is 5.82 Å². The number of aryl methyl sites for hydroxylation is 1. The molecule has 1 nitrogen and oxygen atoms in total. The Kier molecular flexibility index (Phi) is 4.62. The van der Waals surface area contributed by atoms with E-state index in [1.807, 2.05) is 19.1 Å². The Morgan fingerprint density at radius 3 is 2.47 bits per heavy atom. The Morgan fingerprint density at radius 1 is 1.26 bits per heavy atom. The molecule has 1 aromatic rings. The van der Waals surface area contributed by atoms with E-state index in [1.54, 1.807) is 6.07 Å². The summed E-state index contributed by atoms with van der Waals surface area (Å²) in [5.74, 6) is -0.101. The Labute approximate surface area is 116 Å². The van der Waals surface area contributed by atoms with Crippen LogP contribution in [-0.4, -0.2) is 6.54 Å². The maximum absolute atomic E-state index is 13.5. The molecule has 0 saturated heterocycles. The second kappa shape index (κ2) is 6.04. The van der Waals surface area contributed by atoms with Gasteiger partial charge in [0.25, 0.3) is 0 Å². The fourth-order valence-electron chi connectivity index (χ4n) is 3.66. The molecule has 1 aliphatic rings. The minimum Gasteiger partial charge on any atom is -0.310 e. The lowest BCUT2D eigenvalue weighted by Gasteiger charge is -2.38. The van der Waals surface area contributed by atoms with Crippen molar-refractivity contribution < 1.29 is 4.39 Å². The molecule has 0 aliphatic heterocycles. The topological polar surface area (TPSA) is 12.0 Å². The van der Waals surface area contributed by atoms with Gasteiger partial charge in [0.05, 0.1) is 0 Å². The van der Waals surface area contributed by atoms with Crippen molar-refractivity contribution in [3.05, 3.63) is 35.1 Å². The number of hydrogen-bond acceptors (Lipinski definition) is 1. The van der Waals surface area contributed by atoms with Crippen LogP contribution in [0.1, 0.15) is 63.1 Å². The Balaban J connectivity index is 2.35. The van der Waals surface area contributed by atoms with E-state index in [2.05, 4.69) is 19.2 Å². The van der Waals surface area contributed by atoms with E-state index in [0.717, 1.165) is 12.1 Å². The molecule has 1 unspecified atom stereocenters. The fraction of sp³-hybridized carbons (Fsp3) is 0.647. The van der Waals surface area contributed by atoms with Crippen molar-refractivity contribution in [1.82, 2.24) is 5.32 Å². The van der Waals surface area contributed by atoms with Gasteiger partial charge in [-0.3, -0.25) is 0 Å². The predicted octanol–water partition coefficient (Wildman–Crippen LogP) is 4.76. The third-order valence-corrected chi connectivity index (χ3v) is 4.84. The summed E-state index contributed by atoms with van der Waals surface area (Å²) in [4.78, 5) is 0. The van der Waals surface area contributed by atoms with E-state index < -0.39 is 0 Å². The highest BCUT2D eigenvalue weighted by Crippen LogP contribution is 2.50. The normalized spacial score (nSPS) is 19.6. The molecule has 0 bridgehead atoms. The standard InChI is InChI=1S/C17H26FN/c1-4-17(10-6-7-11-17)16(19-5-2)14-8-9-15(18)13(3)12-14/h8-9,12,16,19H,4-7,10-11H2,1-3H3. The van der Waals surface area contributed by atoms with E-state index in [-0.39, 0.29) is 5.82 Å². The molecule has 1 N–H and O–H groups in total. The average Bonchev–Trinajstić information content (AvgIpc) is 2.89. The van der Waals surface area contributed by atoms with Crippen LogP contribution in [0.4, 0.5) is 4.39 Å². The van der Waals surface area contributed by atoms with Crippen molar-refractivity contribution in [2.75, 3.05) is 6.54 Å². The van der Waals surface area contributed by atoms with Gasteiger partial charge < -0.3 is 5.32 Å². The van der Waals surface area contributed by atoms with Crippen LogP contribution >= 0.6 is 0 Å². The first-order valence-electron chi connectivity index (χ1n) is 7.62. The molecule has 2 heteroatoms. The van der Waals surface area contributed by atoms with Gasteiger partial charge in [-0.2, -0.15) is 0 Å². The van der Waals surface area contributed by atoms with Crippen LogP contribution in [0.5, 0.6) is 0 Å². The minimum atomic E-state index is -0.101. The lowest BCUT2D eigenvalue weighted by atomic mass is 9.73. The third kappa shape index (κ3) is 2.84. The molecule has 1 saturated carbocycles. The lowest BCUT2D eigenvalue weighted by Crippen LogP contribution is -2.36. The van der Waals surface area contributed by atoms with Gasteiger partial charge in [0.2, 0.25) is 0 Å². The summed E-state index contributed by atoms with van der Waals surface area (Å²) in [7, 11) is 0. The summed E-state index contributed by atoms with van der Waals surface area (Å²) < 4.78 is 13.5. The number of rotatable bonds is 5. The zero-order valence-electron chi connectivity index (χ0n) is 12.4. The molecule has 1 aromatic carbocycles. The molecule has 0 spiro atoms. The van der Waals surface area contributed by atoms with Crippen LogP contribution in [0.2, 0.25) is 0 Å². The van der Waals surface area contributed by atoms with Crippen LogP contribution in [0.25, 0.3) is 0 Å². The molecule has 0 heterocycles. The number of hydrogen-bond donors (Lipinski definition) is 1. The van der Waals surface area contributed by atoms with Crippen molar-refractivity contribution in [1.29, 1.82) is 0 Å². The first kappa shape index (κ1) is 14.5. The Morgan fingerprint density at radius 2 is 1.95 bits per heavy atom. The summed E-state index contributed by atoms with van der Waals surface area (Å²) in [5, 5.41) is 3.66. The van der Waals surface area contributed by atoms with Crippen LogP contribution in [0, 0.1) is 18.2 Å². The number of halogens is 1. The maximum atomic E-state index is 13.5. The fourth-order valence-corrected chi connectivity index (χ4v) is 3.66. The van der Waals surface area contributed by atoms with Crippen LogP contribution in [0.3, 0.4) is 0 Å². The number of nitrogens with one attached hydrogen (secondary N) is 1. The first-order chi connectivity index (χ1) is 9.13. The molecule has 0 amide bonds. The van der Waals surface area contributed by atoms with Crippen LogP contribution in [0.15, 0.2) is 18.2 Å². The zero-order valence-corrected chi connectivity index (χ0v) is 12.4. The van der Waals surface area contributed by atoms with E-state index in [0.29, 0.717) is 11.5 Å². The summed E-state index contributed by atoms with van der Waals surface area (Å²) in [6.07, 6.45) is 6.43. The van der Waals surface area contributed by atoms with Gasteiger partial charge in [-0.05, 0) is 55.3 Å². The van der Waals surface area contributed by atoms with E-state index >= 15 is 0 Å². The van der Waals surface area contributed by atoms with E-state index in [9.17, 15) is 4.39 Å². The van der Waals surface area contributed by atoms with Crippen molar-refractivity contribution in [2.45, 2.75) is 58.9 Å². The van der Waals surface area contributed by atoms with Crippen molar-refractivity contribution >= 4 is 0 Å². The molecular formula is C17H26FN. The van der Waals surface area contributed by atoms with Crippen molar-refractivity contribution in [2.24, 2.45) is 5.41 Å². The second-order valence-electron chi connectivity index (χ2n) is 5.92. The van der Waals surface area contributed by atoms with E-state index in [1.165, 1.54) is 37.7 Å². The zero-order chi connectivity index (χ0) is 13.9. The van der Waals surface area contributed by atoms with Crippen molar-refractivity contribution in [3.63, 3.8) is 0 Å². The molecule has 0 radical (unpaired) electrons. The largest absolute Gasteiger partial charge is 0.310 e. The summed E-state index contributed by atoms with van der Waals surface area (Å²) >= 11 is 0. The summed E-state index contributed by atoms with van der Waals surface area (Å²) in [6.45, 7) is 7.27. The van der Waals surface area contributed by atoms with Crippen LogP contribution < -0.4 is 5.32 Å². The summed E-state index contributed by atoms with van der Waals surface area (Å²) in [5.41, 5.74) is 2.37. The lowest BCUT2D eigenvalue weighted by molar-refractivity contribution is 0.189. The second-order valence-corrected chi connectivity index (χ2v) is 5.92. The highest BCUT2D eigenvalue weighted by Gasteiger charge is 2.40. The van der Waals surface area contributed by atoms with Gasteiger partial charge in [0, 0.05) is 6.04 Å². The first-order valence-corrected chi connectivity index (χ1v) is 7.62. The van der Waals surface area contributed by atoms with Gasteiger partial charge >= 0.3 is 0 Å². The molecular weight excluding hydrogens is 237 g/mol. The Hall–Kier alpha value is -0.890. The molecule has 1 atom stereocenters. The molecule has 1 aliphatic carbocycles. The summed E-state index contributed by atoms with van der Waals surface area (Å²) in [6, 6.07) is 5.97. The average molecular weight is 263 g/mol. The number of benzene rings is 1. The van der Waals surface area contributed by atoms with E-state index in [4.69, 9.17) is 0 Å². The monoisotopic (exact) mass is 263 g/mol. The highest BCUT2D eigenvalue weighted by atomic mass is 19.1. The SMILES string of the molecule is CCNC(c1ccc(F)c(C)c1)C1(CC)CCCC1. The van der Waals surface area contributed by atoms with Gasteiger partial charge in [-0.1, -0.05) is 38.8 Å². The molecule has 106 valence electrons.